The summed E-state index contributed by atoms with van der Waals surface area (Å²) in [6.07, 6.45) is -5.88. The van der Waals surface area contributed by atoms with E-state index < -0.39 is 24.4 Å². The molecule has 5 nitrogen and oxygen atoms in total. The first-order valence-electron chi connectivity index (χ1n) is 4.91. The average molecular weight is 238 g/mol. The Hall–Kier alpha value is -0.273. The van der Waals surface area contributed by atoms with Gasteiger partial charge in [-0.15, -0.1) is 0 Å². The Morgan fingerprint density at radius 2 is 1.33 bits per heavy atom. The maximum Gasteiger partial charge on any atom is 0.151 e. The van der Waals surface area contributed by atoms with Gasteiger partial charge >= 0.3 is 0 Å². The van der Waals surface area contributed by atoms with Gasteiger partial charge in [0.2, 0.25) is 0 Å². The predicted molar refractivity (Wildman–Crippen MR) is 60.5 cm³/mol. The second kappa shape index (κ2) is 8.99. The SMILES string of the molecule is CC(O)C(O)C(O)C(O)C=O.C[SiH](C)C. The number of aliphatic hydroxyl groups is 4. The molecular formula is C9H22O5Si. The number of hydrogen-bond acceptors (Lipinski definition) is 5. The van der Waals surface area contributed by atoms with Crippen molar-refractivity contribution in [1.82, 2.24) is 0 Å². The first-order chi connectivity index (χ1) is 6.73. The fraction of sp³-hybridized carbons (Fsp3) is 0.889. The molecule has 0 aromatic rings. The number of hydrogen-bond donors (Lipinski definition) is 4. The van der Waals surface area contributed by atoms with Crippen LogP contribution in [-0.2, 0) is 4.79 Å². The fourth-order valence-electron chi connectivity index (χ4n) is 0.568. The van der Waals surface area contributed by atoms with Gasteiger partial charge in [0.15, 0.2) is 6.29 Å². The van der Waals surface area contributed by atoms with Crippen LogP contribution in [0.3, 0.4) is 0 Å². The minimum atomic E-state index is -1.65. The molecule has 0 saturated carbocycles. The van der Waals surface area contributed by atoms with Gasteiger partial charge in [0.25, 0.3) is 0 Å². The molecule has 0 aliphatic rings. The first-order valence-corrected chi connectivity index (χ1v) is 8.38. The van der Waals surface area contributed by atoms with Crippen molar-refractivity contribution < 1.29 is 25.2 Å². The highest BCUT2D eigenvalue weighted by Gasteiger charge is 2.27. The molecule has 0 fully saturated rings. The van der Waals surface area contributed by atoms with E-state index in [0.29, 0.717) is 0 Å². The summed E-state index contributed by atoms with van der Waals surface area (Å²) < 4.78 is 0. The van der Waals surface area contributed by atoms with Crippen LogP contribution in [0.2, 0.25) is 19.6 Å². The summed E-state index contributed by atoms with van der Waals surface area (Å²) >= 11 is 0. The lowest BCUT2D eigenvalue weighted by Gasteiger charge is -2.21. The molecule has 0 aliphatic heterocycles. The van der Waals surface area contributed by atoms with E-state index in [9.17, 15) is 4.79 Å². The van der Waals surface area contributed by atoms with Gasteiger partial charge in [-0.3, -0.25) is 0 Å². The lowest BCUT2D eigenvalue weighted by atomic mass is 10.1. The Bertz CT molecular complexity index is 160. The minimum Gasteiger partial charge on any atom is -0.391 e. The van der Waals surface area contributed by atoms with Crippen molar-refractivity contribution in [3.63, 3.8) is 0 Å². The molecule has 4 unspecified atom stereocenters. The van der Waals surface area contributed by atoms with Gasteiger partial charge in [0.1, 0.15) is 18.3 Å². The highest BCUT2D eigenvalue weighted by molar-refractivity contribution is 6.54. The van der Waals surface area contributed by atoms with Crippen molar-refractivity contribution in [2.45, 2.75) is 51.0 Å². The van der Waals surface area contributed by atoms with Gasteiger partial charge in [-0.05, 0) is 6.92 Å². The Kier molecular flexibility index (Phi) is 10.3. The largest absolute Gasteiger partial charge is 0.391 e. The van der Waals surface area contributed by atoms with Gasteiger partial charge in [0, 0.05) is 8.80 Å². The average Bonchev–Trinajstić information content (AvgIpc) is 2.13. The van der Waals surface area contributed by atoms with Gasteiger partial charge in [-0.1, -0.05) is 19.6 Å². The number of carbonyl (C=O) groups excluding carboxylic acids is 1. The molecule has 4 atom stereocenters. The van der Waals surface area contributed by atoms with Crippen LogP contribution in [0.25, 0.3) is 0 Å². The van der Waals surface area contributed by atoms with E-state index in [4.69, 9.17) is 20.4 Å². The molecule has 0 aromatic heterocycles. The molecule has 0 rings (SSSR count). The summed E-state index contributed by atoms with van der Waals surface area (Å²) in [4.78, 5) is 9.87. The van der Waals surface area contributed by atoms with Crippen molar-refractivity contribution in [3.05, 3.63) is 0 Å². The van der Waals surface area contributed by atoms with Crippen LogP contribution in [0.5, 0.6) is 0 Å². The van der Waals surface area contributed by atoms with Crippen LogP contribution in [-0.4, -0.2) is 59.9 Å². The second-order valence-corrected chi connectivity index (χ2v) is 7.54. The van der Waals surface area contributed by atoms with Gasteiger partial charge in [0.05, 0.1) is 6.10 Å². The highest BCUT2D eigenvalue weighted by atomic mass is 28.3. The molecule has 0 aromatic carbocycles. The summed E-state index contributed by atoms with van der Waals surface area (Å²) in [5.74, 6) is 0. The van der Waals surface area contributed by atoms with E-state index >= 15 is 0 Å². The summed E-state index contributed by atoms with van der Waals surface area (Å²) in [6, 6.07) is 0. The summed E-state index contributed by atoms with van der Waals surface area (Å²) in [7, 11) is -0.139. The molecule has 92 valence electrons. The molecule has 4 N–H and O–H groups in total. The Labute approximate surface area is 92.0 Å². The fourth-order valence-corrected chi connectivity index (χ4v) is 0.568. The van der Waals surface area contributed by atoms with Crippen LogP contribution in [0, 0.1) is 0 Å². The molecule has 0 heterocycles. The molecular weight excluding hydrogens is 216 g/mol. The van der Waals surface area contributed by atoms with E-state index in [1.807, 2.05) is 0 Å². The Morgan fingerprint density at radius 3 is 1.53 bits per heavy atom. The van der Waals surface area contributed by atoms with Crippen LogP contribution < -0.4 is 0 Å². The van der Waals surface area contributed by atoms with E-state index in [2.05, 4.69) is 19.6 Å². The third-order valence-electron chi connectivity index (χ3n) is 1.33. The molecule has 0 aliphatic carbocycles. The molecule has 0 bridgehead atoms. The monoisotopic (exact) mass is 238 g/mol. The molecule has 0 saturated heterocycles. The van der Waals surface area contributed by atoms with Crippen molar-refractivity contribution >= 4 is 15.1 Å². The van der Waals surface area contributed by atoms with Crippen LogP contribution in [0.1, 0.15) is 6.92 Å². The molecule has 6 heteroatoms. The van der Waals surface area contributed by atoms with Crippen molar-refractivity contribution in [3.8, 4) is 0 Å². The molecule has 0 amide bonds. The number of rotatable bonds is 4. The van der Waals surface area contributed by atoms with Crippen molar-refractivity contribution in [2.75, 3.05) is 0 Å². The number of aldehydes is 1. The smallest absolute Gasteiger partial charge is 0.151 e. The van der Waals surface area contributed by atoms with Crippen LogP contribution >= 0.6 is 0 Å². The number of carbonyl (C=O) groups is 1. The molecule has 0 spiro atoms. The maximum absolute atomic E-state index is 9.87. The van der Waals surface area contributed by atoms with Crippen LogP contribution in [0.4, 0.5) is 0 Å². The standard InChI is InChI=1S/C6H12O5.C3H10Si/c1-3(8)5(10)6(11)4(9)2-7;1-4(2)3/h2-6,8-11H,1H3;4H,1-3H3. The highest BCUT2D eigenvalue weighted by Crippen LogP contribution is 2.02. The quantitative estimate of drug-likeness (QED) is 0.362. The summed E-state index contributed by atoms with van der Waals surface area (Å²) in [5.41, 5.74) is 0. The van der Waals surface area contributed by atoms with Crippen molar-refractivity contribution in [1.29, 1.82) is 0 Å². The zero-order chi connectivity index (χ0) is 12.6. The van der Waals surface area contributed by atoms with E-state index in [0.717, 1.165) is 0 Å². The summed E-state index contributed by atoms with van der Waals surface area (Å²) in [6.45, 7) is 8.16. The topological polar surface area (TPSA) is 98.0 Å². The van der Waals surface area contributed by atoms with Gasteiger partial charge in [-0.2, -0.15) is 0 Å². The zero-order valence-corrected chi connectivity index (χ0v) is 10.8. The van der Waals surface area contributed by atoms with E-state index in [1.165, 1.54) is 6.92 Å². The van der Waals surface area contributed by atoms with Gasteiger partial charge < -0.3 is 25.2 Å². The third kappa shape index (κ3) is 10.0. The van der Waals surface area contributed by atoms with Gasteiger partial charge in [-0.25, -0.2) is 0 Å². The van der Waals surface area contributed by atoms with Crippen molar-refractivity contribution in [2.24, 2.45) is 0 Å². The van der Waals surface area contributed by atoms with Crippen LogP contribution in [0.15, 0.2) is 0 Å². The summed E-state index contributed by atoms with van der Waals surface area (Å²) in [5, 5.41) is 35.1. The Morgan fingerprint density at radius 1 is 1.00 bits per heavy atom. The second-order valence-electron chi connectivity index (χ2n) is 4.08. The first kappa shape index (κ1) is 17.1. The van der Waals surface area contributed by atoms with E-state index in [-0.39, 0.29) is 15.1 Å². The lowest BCUT2D eigenvalue weighted by molar-refractivity contribution is -0.132. The number of aliphatic hydroxyl groups excluding tert-OH is 4. The van der Waals surface area contributed by atoms with E-state index in [1.54, 1.807) is 0 Å². The lowest BCUT2D eigenvalue weighted by Crippen LogP contribution is -2.43. The molecule has 15 heavy (non-hydrogen) atoms. The third-order valence-corrected chi connectivity index (χ3v) is 1.33. The molecule has 0 radical (unpaired) electrons. The normalized spacial score (nSPS) is 18.5. The zero-order valence-electron chi connectivity index (χ0n) is 9.66. The Balaban J connectivity index is 0. The predicted octanol–water partition coefficient (Wildman–Crippen LogP) is -1.25. The minimum absolute atomic E-state index is 0.0935. The maximum atomic E-state index is 9.87.